The van der Waals surface area contributed by atoms with Gasteiger partial charge in [0, 0.05) is 29.9 Å². The van der Waals surface area contributed by atoms with Crippen LogP contribution in [0.5, 0.6) is 0 Å². The number of nitro benzene ring substituents is 1. The summed E-state index contributed by atoms with van der Waals surface area (Å²) in [4.78, 5) is 46.1. The number of hydrogen-bond donors (Lipinski definition) is 2. The van der Waals surface area contributed by atoms with Crippen molar-refractivity contribution in [3.63, 3.8) is 0 Å². The molecule has 0 aliphatic carbocycles. The second-order valence-electron chi connectivity index (χ2n) is 5.13. The first kappa shape index (κ1) is 17.1. The number of nitro groups is 1. The molecule has 126 valence electrons. The van der Waals surface area contributed by atoms with Crippen LogP contribution in [0.25, 0.3) is 0 Å². The number of carbonyl (C=O) groups excluding carboxylic acids is 3. The molecule has 0 saturated carbocycles. The summed E-state index contributed by atoms with van der Waals surface area (Å²) in [5.74, 6) is -2.65. The SMILES string of the molecule is COC(=O)C1=C(C)NC(=O)C[C@H]1C(=O)Nc1ccc([N+](=O)[O-])cc1. The van der Waals surface area contributed by atoms with E-state index in [1.165, 1.54) is 38.3 Å². The van der Waals surface area contributed by atoms with E-state index in [0.717, 1.165) is 0 Å². The number of nitrogens with one attached hydrogen (secondary N) is 2. The van der Waals surface area contributed by atoms with Crippen molar-refractivity contribution in [2.24, 2.45) is 5.92 Å². The Labute approximate surface area is 136 Å². The van der Waals surface area contributed by atoms with E-state index >= 15 is 0 Å². The maximum atomic E-state index is 12.4. The largest absolute Gasteiger partial charge is 0.466 e. The number of hydrogen-bond acceptors (Lipinski definition) is 6. The van der Waals surface area contributed by atoms with Gasteiger partial charge in [0.2, 0.25) is 11.8 Å². The summed E-state index contributed by atoms with van der Waals surface area (Å²) in [6.07, 6.45) is -0.194. The first-order valence-corrected chi connectivity index (χ1v) is 6.97. The maximum Gasteiger partial charge on any atom is 0.336 e. The predicted octanol–water partition coefficient (Wildman–Crippen LogP) is 1.12. The number of carbonyl (C=O) groups is 3. The minimum Gasteiger partial charge on any atom is -0.466 e. The molecule has 2 amide bonds. The number of ether oxygens (including phenoxy) is 1. The maximum absolute atomic E-state index is 12.4. The number of nitrogens with zero attached hydrogens (tertiary/aromatic N) is 1. The Morgan fingerprint density at radius 3 is 2.50 bits per heavy atom. The summed E-state index contributed by atoms with van der Waals surface area (Å²) < 4.78 is 4.66. The molecule has 1 aliphatic rings. The van der Waals surface area contributed by atoms with Gasteiger partial charge in [-0.05, 0) is 19.1 Å². The fraction of sp³-hybridized carbons (Fsp3) is 0.267. The topological polar surface area (TPSA) is 128 Å². The van der Waals surface area contributed by atoms with E-state index in [1.54, 1.807) is 0 Å². The van der Waals surface area contributed by atoms with E-state index in [-0.39, 0.29) is 29.3 Å². The minimum absolute atomic E-state index is 0.0801. The molecule has 0 radical (unpaired) electrons. The van der Waals surface area contributed by atoms with Crippen LogP contribution in [0.1, 0.15) is 13.3 Å². The second-order valence-corrected chi connectivity index (χ2v) is 5.13. The van der Waals surface area contributed by atoms with Gasteiger partial charge >= 0.3 is 5.97 Å². The molecule has 0 bridgehead atoms. The lowest BCUT2D eigenvalue weighted by molar-refractivity contribution is -0.384. The Hall–Kier alpha value is -3.23. The summed E-state index contributed by atoms with van der Waals surface area (Å²) in [6.45, 7) is 1.51. The first-order valence-electron chi connectivity index (χ1n) is 6.97. The van der Waals surface area contributed by atoms with Gasteiger partial charge in [0.15, 0.2) is 0 Å². The number of methoxy groups -OCH3 is 1. The third-order valence-corrected chi connectivity index (χ3v) is 3.54. The Kier molecular flexibility index (Phi) is 4.93. The van der Waals surface area contributed by atoms with Crippen molar-refractivity contribution in [1.82, 2.24) is 5.32 Å². The van der Waals surface area contributed by atoms with Crippen LogP contribution in [-0.4, -0.2) is 29.8 Å². The van der Waals surface area contributed by atoms with Crippen molar-refractivity contribution in [3.8, 4) is 0 Å². The molecule has 0 aromatic heterocycles. The van der Waals surface area contributed by atoms with Gasteiger partial charge in [-0.1, -0.05) is 0 Å². The molecule has 1 atom stereocenters. The molecule has 0 fully saturated rings. The molecule has 9 nitrogen and oxygen atoms in total. The Morgan fingerprint density at radius 2 is 1.96 bits per heavy atom. The number of non-ortho nitro benzene ring substituents is 1. The fourth-order valence-electron chi connectivity index (χ4n) is 2.40. The van der Waals surface area contributed by atoms with Crippen LogP contribution in [0, 0.1) is 16.0 Å². The zero-order valence-electron chi connectivity index (χ0n) is 13.0. The molecule has 0 saturated heterocycles. The van der Waals surface area contributed by atoms with Gasteiger partial charge in [0.25, 0.3) is 5.69 Å². The smallest absolute Gasteiger partial charge is 0.336 e. The monoisotopic (exact) mass is 333 g/mol. The van der Waals surface area contributed by atoms with Crippen LogP contribution >= 0.6 is 0 Å². The third kappa shape index (κ3) is 3.57. The van der Waals surface area contributed by atoms with Gasteiger partial charge in [-0.25, -0.2) is 4.79 Å². The average Bonchev–Trinajstić information content (AvgIpc) is 2.53. The number of esters is 1. The number of allylic oxidation sites excluding steroid dienone is 1. The van der Waals surface area contributed by atoms with Gasteiger partial charge in [-0.3, -0.25) is 19.7 Å². The van der Waals surface area contributed by atoms with E-state index in [2.05, 4.69) is 15.4 Å². The van der Waals surface area contributed by atoms with Crippen LogP contribution in [0.4, 0.5) is 11.4 Å². The number of amides is 2. The molecular weight excluding hydrogens is 318 g/mol. The predicted molar refractivity (Wildman–Crippen MR) is 82.7 cm³/mol. The van der Waals surface area contributed by atoms with E-state index in [4.69, 9.17) is 0 Å². The summed E-state index contributed by atoms with van der Waals surface area (Å²) in [6, 6.07) is 5.22. The van der Waals surface area contributed by atoms with Crippen LogP contribution in [0.3, 0.4) is 0 Å². The highest BCUT2D eigenvalue weighted by atomic mass is 16.6. The highest BCUT2D eigenvalue weighted by Gasteiger charge is 2.36. The highest BCUT2D eigenvalue weighted by molar-refractivity contribution is 6.06. The summed E-state index contributed by atoms with van der Waals surface area (Å²) in [5, 5.41) is 15.7. The molecule has 1 aromatic carbocycles. The molecule has 2 N–H and O–H groups in total. The van der Waals surface area contributed by atoms with Crippen molar-refractivity contribution in [2.75, 3.05) is 12.4 Å². The zero-order chi connectivity index (χ0) is 17.9. The molecule has 0 spiro atoms. The first-order chi connectivity index (χ1) is 11.3. The van der Waals surface area contributed by atoms with Crippen LogP contribution in [0.2, 0.25) is 0 Å². The average molecular weight is 333 g/mol. The van der Waals surface area contributed by atoms with Crippen LogP contribution in [0.15, 0.2) is 35.5 Å². The van der Waals surface area contributed by atoms with Crippen molar-refractivity contribution in [3.05, 3.63) is 45.6 Å². The van der Waals surface area contributed by atoms with Crippen molar-refractivity contribution in [1.29, 1.82) is 0 Å². The lowest BCUT2D eigenvalue weighted by Gasteiger charge is -2.25. The molecule has 1 aromatic rings. The van der Waals surface area contributed by atoms with Crippen LogP contribution in [-0.2, 0) is 19.1 Å². The Balaban J connectivity index is 2.23. The quantitative estimate of drug-likeness (QED) is 0.483. The third-order valence-electron chi connectivity index (χ3n) is 3.54. The number of anilines is 1. The molecule has 0 unspecified atom stereocenters. The lowest BCUT2D eigenvalue weighted by Crippen LogP contribution is -2.40. The zero-order valence-corrected chi connectivity index (χ0v) is 13.0. The Morgan fingerprint density at radius 1 is 1.33 bits per heavy atom. The van der Waals surface area contributed by atoms with Gasteiger partial charge in [0.1, 0.15) is 0 Å². The molecule has 1 heterocycles. The fourth-order valence-corrected chi connectivity index (χ4v) is 2.40. The molecule has 24 heavy (non-hydrogen) atoms. The molecule has 2 rings (SSSR count). The van der Waals surface area contributed by atoms with Gasteiger partial charge in [0.05, 0.1) is 23.5 Å². The lowest BCUT2D eigenvalue weighted by atomic mass is 9.89. The van der Waals surface area contributed by atoms with Crippen LogP contribution < -0.4 is 10.6 Å². The second kappa shape index (κ2) is 6.90. The van der Waals surface area contributed by atoms with E-state index in [1.807, 2.05) is 0 Å². The van der Waals surface area contributed by atoms with E-state index in [9.17, 15) is 24.5 Å². The van der Waals surface area contributed by atoms with Gasteiger partial charge < -0.3 is 15.4 Å². The molecule has 9 heteroatoms. The summed E-state index contributed by atoms with van der Waals surface area (Å²) in [5.41, 5.74) is 0.549. The number of rotatable bonds is 4. The minimum atomic E-state index is -0.999. The number of benzene rings is 1. The van der Waals surface area contributed by atoms with Crippen molar-refractivity contribution < 1.29 is 24.0 Å². The van der Waals surface area contributed by atoms with E-state index < -0.39 is 22.7 Å². The van der Waals surface area contributed by atoms with E-state index in [0.29, 0.717) is 5.69 Å². The van der Waals surface area contributed by atoms with Gasteiger partial charge in [-0.2, -0.15) is 0 Å². The highest BCUT2D eigenvalue weighted by Crippen LogP contribution is 2.26. The Bertz CT molecular complexity index is 738. The normalized spacial score (nSPS) is 17.1. The summed E-state index contributed by atoms with van der Waals surface area (Å²) in [7, 11) is 1.18. The summed E-state index contributed by atoms with van der Waals surface area (Å²) >= 11 is 0. The molecule has 1 aliphatic heterocycles. The standard InChI is InChI=1S/C15H15N3O6/c1-8-13(15(21)24-2)11(7-12(19)16-8)14(20)17-9-3-5-10(6-4-9)18(22)23/h3-6,11H,7H2,1-2H3,(H,16,19)(H,17,20)/t11-/m1/s1. The van der Waals surface area contributed by atoms with Crippen molar-refractivity contribution >= 4 is 29.2 Å². The molecular formula is C15H15N3O6. The van der Waals surface area contributed by atoms with Gasteiger partial charge in [-0.15, -0.1) is 0 Å². The van der Waals surface area contributed by atoms with Crippen molar-refractivity contribution in [2.45, 2.75) is 13.3 Å².